The number of rotatable bonds is 9. The van der Waals surface area contributed by atoms with Crippen molar-refractivity contribution < 1.29 is 13.3 Å². The number of nitrogens with two attached hydrogens (primary N) is 1. The first-order valence-electron chi connectivity index (χ1n) is 13.7. The van der Waals surface area contributed by atoms with Crippen LogP contribution in [0.3, 0.4) is 0 Å². The summed E-state index contributed by atoms with van der Waals surface area (Å²) >= 11 is 0. The molecule has 39 heavy (non-hydrogen) atoms. The quantitative estimate of drug-likeness (QED) is 0.483. The van der Waals surface area contributed by atoms with Crippen LogP contribution < -0.4 is 11.1 Å². The molecule has 5 rings (SSSR count). The molecule has 2 aliphatic carbocycles. The van der Waals surface area contributed by atoms with Gasteiger partial charge in [0.25, 0.3) is 0 Å². The number of ether oxygens (including phenoxy) is 1. The van der Waals surface area contributed by atoms with Crippen LogP contribution in [0.25, 0.3) is 5.70 Å². The number of aliphatic imine (C=N–C) groups is 1. The predicted molar refractivity (Wildman–Crippen MR) is 157 cm³/mol. The molecule has 1 spiro atoms. The number of hydrogen-bond donors (Lipinski definition) is 2. The second kappa shape index (κ2) is 12.1. The van der Waals surface area contributed by atoms with E-state index in [2.05, 4.69) is 34.8 Å². The number of benzene rings is 1. The molecule has 3 aliphatic rings. The van der Waals surface area contributed by atoms with E-state index in [0.29, 0.717) is 42.3 Å². The van der Waals surface area contributed by atoms with Crippen molar-refractivity contribution in [2.24, 2.45) is 16.6 Å². The minimum Gasteiger partial charge on any atom is -0.381 e. The van der Waals surface area contributed by atoms with Gasteiger partial charge in [-0.05, 0) is 60.7 Å². The highest BCUT2D eigenvalue weighted by Gasteiger charge is 2.55. The van der Waals surface area contributed by atoms with Gasteiger partial charge in [0.1, 0.15) is 22.3 Å². The van der Waals surface area contributed by atoms with E-state index in [9.17, 15) is 8.60 Å². The lowest BCUT2D eigenvalue weighted by atomic mass is 9.68. The first-order valence-corrected chi connectivity index (χ1v) is 14.9. The average molecular weight is 557 g/mol. The summed E-state index contributed by atoms with van der Waals surface area (Å²) in [5, 5.41) is 3.05. The number of methoxy groups -OCH3 is 1. The van der Waals surface area contributed by atoms with Crippen LogP contribution in [0.2, 0.25) is 0 Å². The summed E-state index contributed by atoms with van der Waals surface area (Å²) in [6.45, 7) is 12.7. The Labute approximate surface area is 234 Å². The van der Waals surface area contributed by atoms with Crippen molar-refractivity contribution in [3.8, 4) is 0 Å². The number of nitrogens with one attached hydrogen (secondary N) is 1. The van der Waals surface area contributed by atoms with Crippen LogP contribution in [0, 0.1) is 11.7 Å². The van der Waals surface area contributed by atoms with Crippen molar-refractivity contribution in [3.05, 3.63) is 65.7 Å². The van der Waals surface area contributed by atoms with Crippen LogP contribution in [-0.4, -0.2) is 69.5 Å². The minimum absolute atomic E-state index is 0.229. The van der Waals surface area contributed by atoms with Gasteiger partial charge in [0.05, 0.1) is 28.9 Å². The highest BCUT2D eigenvalue weighted by atomic mass is 32.2. The Morgan fingerprint density at radius 3 is 2.69 bits per heavy atom. The van der Waals surface area contributed by atoms with Crippen molar-refractivity contribution in [2.75, 3.05) is 39.1 Å². The maximum absolute atomic E-state index is 13.7. The van der Waals surface area contributed by atoms with E-state index in [1.165, 1.54) is 17.8 Å². The maximum atomic E-state index is 13.7. The molecule has 1 aliphatic heterocycles. The lowest BCUT2D eigenvalue weighted by molar-refractivity contribution is -0.0110. The Kier molecular flexibility index (Phi) is 9.08. The summed E-state index contributed by atoms with van der Waals surface area (Å²) in [7, 11) is 2.19. The van der Waals surface area contributed by atoms with E-state index in [4.69, 9.17) is 15.5 Å². The Morgan fingerprint density at radius 2 is 2.05 bits per heavy atom. The lowest BCUT2D eigenvalue weighted by Gasteiger charge is -2.51. The second-order valence-electron chi connectivity index (χ2n) is 10.2. The van der Waals surface area contributed by atoms with E-state index in [0.717, 1.165) is 37.2 Å². The van der Waals surface area contributed by atoms with Crippen molar-refractivity contribution in [2.45, 2.75) is 56.9 Å². The first kappa shape index (κ1) is 29.2. The summed E-state index contributed by atoms with van der Waals surface area (Å²) in [6.07, 6.45) is 4.37. The fourth-order valence-electron chi connectivity index (χ4n) is 5.63. The van der Waals surface area contributed by atoms with Gasteiger partial charge in [0.15, 0.2) is 0 Å². The third-order valence-corrected chi connectivity index (χ3v) is 9.72. The van der Waals surface area contributed by atoms with E-state index >= 15 is 0 Å². The summed E-state index contributed by atoms with van der Waals surface area (Å²) < 4.78 is 34.0. The molecule has 1 aromatic heterocycles. The average Bonchev–Trinajstić information content (AvgIpc) is 2.91. The SMILES string of the molecule is C=C(Nc1ccc2c(c1)[C@@]1(C2)N=C(N)N(C)S(=O)[C@H]1CN(CC)CC1CC(OC)C1)c1ccc(F)cn1.CC. The smallest absolute Gasteiger partial charge is 0.204 e. The number of fused-ring (bicyclic) bond motifs is 2. The van der Waals surface area contributed by atoms with Crippen LogP contribution in [0.15, 0.2) is 48.1 Å². The number of nitrogens with zero attached hydrogens (tertiary/aromatic N) is 4. The molecule has 0 radical (unpaired) electrons. The minimum atomic E-state index is -1.33. The van der Waals surface area contributed by atoms with Gasteiger partial charge in [0.2, 0.25) is 5.96 Å². The fraction of sp³-hybridized carbons (Fsp3) is 0.517. The van der Waals surface area contributed by atoms with Gasteiger partial charge in [-0.1, -0.05) is 33.4 Å². The van der Waals surface area contributed by atoms with Gasteiger partial charge >= 0.3 is 0 Å². The third-order valence-electron chi connectivity index (χ3n) is 7.96. The number of halogens is 1. The predicted octanol–water partition coefficient (Wildman–Crippen LogP) is 4.12. The Bertz CT molecular complexity index is 1230. The maximum Gasteiger partial charge on any atom is 0.204 e. The van der Waals surface area contributed by atoms with Gasteiger partial charge in [-0.2, -0.15) is 0 Å². The molecule has 3 N–H and O–H groups in total. The van der Waals surface area contributed by atoms with Crippen LogP contribution in [0.5, 0.6) is 0 Å². The van der Waals surface area contributed by atoms with Crippen LogP contribution >= 0.6 is 0 Å². The third kappa shape index (κ3) is 5.73. The molecule has 2 aromatic rings. The number of pyridine rings is 1. The molecule has 1 fully saturated rings. The van der Waals surface area contributed by atoms with Crippen molar-refractivity contribution in [3.63, 3.8) is 0 Å². The molecular weight excluding hydrogens is 515 g/mol. The molecule has 212 valence electrons. The monoisotopic (exact) mass is 556 g/mol. The summed E-state index contributed by atoms with van der Waals surface area (Å²) in [4.78, 5) is 11.5. The van der Waals surface area contributed by atoms with E-state index in [1.54, 1.807) is 24.5 Å². The lowest BCUT2D eigenvalue weighted by Crippen LogP contribution is -2.62. The van der Waals surface area contributed by atoms with E-state index in [1.807, 2.05) is 26.0 Å². The highest BCUT2D eigenvalue weighted by molar-refractivity contribution is 7.84. The molecule has 2 heterocycles. The zero-order chi connectivity index (χ0) is 28.3. The number of aromatic nitrogens is 1. The standard InChI is InChI=1S/C27H35FN6O2S.C2H6/c1-5-34(15-18-10-22(11-18)36-4)16-25-27(32-26(29)33(3)37(25)35)13-19-6-8-21(12-23(19)27)31-17(2)24-9-7-20(28)14-30-24;1-2/h6-9,12,14,18,22,25,31H,2,5,10-11,13,15-16H2,1,3-4H3,(H2,29,32);1-2H3/t18?,22?,25-,27+,37?;/m0./s1. The zero-order valence-corrected chi connectivity index (χ0v) is 24.4. The summed E-state index contributed by atoms with van der Waals surface area (Å²) in [5.74, 6) is 0.497. The zero-order valence-electron chi connectivity index (χ0n) is 23.6. The molecule has 10 heteroatoms. The second-order valence-corrected chi connectivity index (χ2v) is 11.9. The molecule has 0 saturated heterocycles. The largest absolute Gasteiger partial charge is 0.381 e. The van der Waals surface area contributed by atoms with Gasteiger partial charge in [0, 0.05) is 39.4 Å². The Hall–Kier alpha value is -2.82. The molecule has 1 unspecified atom stereocenters. The van der Waals surface area contributed by atoms with Gasteiger partial charge in [-0.15, -0.1) is 0 Å². The van der Waals surface area contributed by atoms with Crippen LogP contribution in [0.4, 0.5) is 10.1 Å². The van der Waals surface area contributed by atoms with Gasteiger partial charge in [-0.3, -0.25) is 9.29 Å². The first-order chi connectivity index (χ1) is 18.7. The molecular formula is C29H41FN6O2S. The van der Waals surface area contributed by atoms with Crippen molar-refractivity contribution >= 4 is 28.3 Å². The molecule has 1 aromatic carbocycles. The molecule has 8 nitrogen and oxygen atoms in total. The number of anilines is 1. The van der Waals surface area contributed by atoms with Crippen molar-refractivity contribution in [1.29, 1.82) is 0 Å². The molecule has 0 amide bonds. The molecule has 1 saturated carbocycles. The normalized spacial score (nSPS) is 27.1. The highest BCUT2D eigenvalue weighted by Crippen LogP contribution is 2.50. The van der Waals surface area contributed by atoms with E-state index in [-0.39, 0.29) is 5.25 Å². The topological polar surface area (TPSA) is 96.1 Å². The van der Waals surface area contributed by atoms with Crippen molar-refractivity contribution in [1.82, 2.24) is 14.2 Å². The Balaban J connectivity index is 0.00000172. The van der Waals surface area contributed by atoms with Gasteiger partial charge in [-0.25, -0.2) is 13.6 Å². The summed E-state index contributed by atoms with van der Waals surface area (Å²) in [6, 6.07) is 9.04. The number of guanidine groups is 1. The van der Waals surface area contributed by atoms with Crippen LogP contribution in [0.1, 0.15) is 50.4 Å². The number of hydrogen-bond acceptors (Lipinski definition) is 7. The Morgan fingerprint density at radius 1 is 1.31 bits per heavy atom. The molecule has 0 bridgehead atoms. The molecule has 3 atom stereocenters. The van der Waals surface area contributed by atoms with Crippen LogP contribution in [-0.2, 0) is 27.7 Å². The van der Waals surface area contributed by atoms with E-state index < -0.39 is 22.3 Å². The fourth-order valence-corrected chi connectivity index (χ4v) is 7.17. The summed E-state index contributed by atoms with van der Waals surface area (Å²) in [5.41, 5.74) is 9.77. The van der Waals surface area contributed by atoms with Gasteiger partial charge < -0.3 is 20.7 Å².